The molecule has 0 unspecified atom stereocenters. The van der Waals surface area contributed by atoms with Crippen molar-refractivity contribution < 1.29 is 9.59 Å². The minimum atomic E-state index is -0.394. The fourth-order valence-electron chi connectivity index (χ4n) is 4.11. The number of nitrogens with one attached hydrogen (secondary N) is 1. The van der Waals surface area contributed by atoms with E-state index < -0.39 is 5.56 Å². The van der Waals surface area contributed by atoms with Crippen LogP contribution in [-0.2, 0) is 11.2 Å². The van der Waals surface area contributed by atoms with E-state index in [-0.39, 0.29) is 23.8 Å². The molecule has 34 heavy (non-hydrogen) atoms. The maximum absolute atomic E-state index is 13.3. The number of Topliss-reactive ketones (excluding diaryl/α,β-unsaturated/α-hetero) is 1. The van der Waals surface area contributed by atoms with Crippen LogP contribution in [0.2, 0.25) is 5.02 Å². The summed E-state index contributed by atoms with van der Waals surface area (Å²) in [6, 6.07) is 6.95. The number of ketones is 1. The van der Waals surface area contributed by atoms with E-state index in [0.29, 0.717) is 35.8 Å². The van der Waals surface area contributed by atoms with Crippen molar-refractivity contribution in [2.75, 3.05) is 13.1 Å². The van der Waals surface area contributed by atoms with Gasteiger partial charge >= 0.3 is 0 Å². The molecule has 0 aliphatic heterocycles. The fourth-order valence-corrected chi connectivity index (χ4v) is 4.29. The van der Waals surface area contributed by atoms with Crippen LogP contribution in [0.5, 0.6) is 0 Å². The third-order valence-electron chi connectivity index (χ3n) is 6.02. The molecule has 0 fully saturated rings. The van der Waals surface area contributed by atoms with Crippen molar-refractivity contribution in [1.29, 1.82) is 0 Å². The number of halogens is 1. The Kier molecular flexibility index (Phi) is 12.2. The van der Waals surface area contributed by atoms with Gasteiger partial charge in [0.1, 0.15) is 5.56 Å². The number of H-pyrrole nitrogens is 1. The molecule has 2 aromatic rings. The first-order valence-electron chi connectivity index (χ1n) is 12.8. The van der Waals surface area contributed by atoms with Gasteiger partial charge in [0.05, 0.1) is 12.2 Å². The molecule has 0 saturated carbocycles. The molecule has 0 radical (unpaired) electrons. The Bertz CT molecular complexity index is 980. The summed E-state index contributed by atoms with van der Waals surface area (Å²) in [5, 5.41) is 3.61. The van der Waals surface area contributed by atoms with Gasteiger partial charge in [0.25, 0.3) is 5.56 Å². The lowest BCUT2D eigenvalue weighted by molar-refractivity contribution is -0.131. The van der Waals surface area contributed by atoms with Crippen LogP contribution in [-0.4, -0.2) is 39.5 Å². The highest BCUT2D eigenvalue weighted by Gasteiger charge is 2.25. The molecule has 0 saturated heterocycles. The van der Waals surface area contributed by atoms with Gasteiger partial charge in [0, 0.05) is 23.7 Å². The van der Waals surface area contributed by atoms with Gasteiger partial charge in [-0.15, -0.1) is 0 Å². The number of carbonyl (C=O) groups is 2. The van der Waals surface area contributed by atoms with Gasteiger partial charge in [-0.25, -0.2) is 4.68 Å². The van der Waals surface area contributed by atoms with Crippen LogP contribution >= 0.6 is 11.6 Å². The number of aryl methyl sites for hydroxylation is 1. The molecule has 0 atom stereocenters. The number of nitrogens with zero attached hydrogens (tertiary/aromatic N) is 2. The Morgan fingerprint density at radius 1 is 0.971 bits per heavy atom. The second kappa shape index (κ2) is 14.8. The number of hydrogen-bond acceptors (Lipinski definition) is 3. The number of carbonyl (C=O) groups excluding carboxylic acids is 2. The van der Waals surface area contributed by atoms with Crippen LogP contribution in [0.4, 0.5) is 0 Å². The molecule has 2 rings (SSSR count). The van der Waals surface area contributed by atoms with Gasteiger partial charge in [-0.1, -0.05) is 83.4 Å². The Balaban J connectivity index is 2.18. The third-order valence-corrected chi connectivity index (χ3v) is 6.26. The van der Waals surface area contributed by atoms with Gasteiger partial charge in [-0.2, -0.15) is 0 Å². The highest BCUT2D eigenvalue weighted by atomic mass is 35.5. The van der Waals surface area contributed by atoms with Crippen LogP contribution in [0.15, 0.2) is 29.1 Å². The van der Waals surface area contributed by atoms with Crippen molar-refractivity contribution >= 4 is 23.3 Å². The van der Waals surface area contributed by atoms with Crippen LogP contribution < -0.4 is 5.56 Å². The monoisotopic (exact) mass is 489 g/mol. The first-order chi connectivity index (χ1) is 16.4. The van der Waals surface area contributed by atoms with Gasteiger partial charge in [-0.3, -0.25) is 19.5 Å². The summed E-state index contributed by atoms with van der Waals surface area (Å²) in [4.78, 5) is 41.2. The molecular weight excluding hydrogens is 450 g/mol. The minimum Gasteiger partial charge on any atom is -0.335 e. The van der Waals surface area contributed by atoms with Gasteiger partial charge < -0.3 is 4.90 Å². The molecule has 0 bridgehead atoms. The van der Waals surface area contributed by atoms with Crippen molar-refractivity contribution in [1.82, 2.24) is 14.7 Å². The predicted octanol–water partition coefficient (Wildman–Crippen LogP) is 6.33. The van der Waals surface area contributed by atoms with Crippen LogP contribution in [0, 0.1) is 0 Å². The maximum atomic E-state index is 13.3. The van der Waals surface area contributed by atoms with E-state index in [1.807, 2.05) is 6.92 Å². The Labute approximate surface area is 208 Å². The molecule has 188 valence electrons. The Morgan fingerprint density at radius 2 is 1.68 bits per heavy atom. The van der Waals surface area contributed by atoms with Crippen molar-refractivity contribution in [3.8, 4) is 5.69 Å². The number of benzene rings is 1. The zero-order valence-corrected chi connectivity index (χ0v) is 21.8. The highest BCUT2D eigenvalue weighted by Crippen LogP contribution is 2.16. The summed E-state index contributed by atoms with van der Waals surface area (Å²) in [6.45, 7) is 6.72. The summed E-state index contributed by atoms with van der Waals surface area (Å²) >= 11 is 6.11. The molecule has 7 heteroatoms. The SMILES string of the molecule is CCCCCCCCC(=O)N(CCCC)CC(=O)c1c(CCC)[nH]n(-c2cccc(Cl)c2)c1=O. The number of aromatic amines is 1. The lowest BCUT2D eigenvalue weighted by Crippen LogP contribution is -2.38. The number of unbranched alkanes of at least 4 members (excludes halogenated alkanes) is 6. The Morgan fingerprint density at radius 3 is 2.35 bits per heavy atom. The summed E-state index contributed by atoms with van der Waals surface area (Å²) in [5.74, 6) is -0.307. The van der Waals surface area contributed by atoms with E-state index in [4.69, 9.17) is 11.6 Å². The smallest absolute Gasteiger partial charge is 0.282 e. The molecule has 0 spiro atoms. The number of amides is 1. The standard InChI is InChI=1S/C27H40ClN3O3/c1-4-7-9-10-11-12-17-25(33)30(18-8-5-2)20-24(32)26-23(14-6-3)29-31(27(26)34)22-16-13-15-21(28)19-22/h13,15-16,19,29H,4-12,14,17-18,20H2,1-3H3. The topological polar surface area (TPSA) is 75.2 Å². The van der Waals surface area contributed by atoms with E-state index in [0.717, 1.165) is 38.5 Å². The average molecular weight is 490 g/mol. The lowest BCUT2D eigenvalue weighted by Gasteiger charge is -2.22. The second-order valence-electron chi connectivity index (χ2n) is 8.95. The molecule has 1 heterocycles. The van der Waals surface area contributed by atoms with Crippen LogP contribution in [0.1, 0.15) is 101 Å². The van der Waals surface area contributed by atoms with Crippen molar-refractivity contribution in [3.63, 3.8) is 0 Å². The van der Waals surface area contributed by atoms with Crippen LogP contribution in [0.25, 0.3) is 5.69 Å². The zero-order chi connectivity index (χ0) is 24.9. The third kappa shape index (κ3) is 8.15. The Hall–Kier alpha value is -2.34. The molecule has 1 aromatic heterocycles. The number of aromatic nitrogens is 2. The molecule has 6 nitrogen and oxygen atoms in total. The van der Waals surface area contributed by atoms with Gasteiger partial charge in [-0.05, 0) is 37.5 Å². The first kappa shape index (κ1) is 27.9. The fraction of sp³-hybridized carbons (Fsp3) is 0.593. The summed E-state index contributed by atoms with van der Waals surface area (Å²) in [5.41, 5.74) is 0.942. The number of hydrogen-bond donors (Lipinski definition) is 1. The highest BCUT2D eigenvalue weighted by molar-refractivity contribution is 6.30. The second-order valence-corrected chi connectivity index (χ2v) is 9.38. The normalized spacial score (nSPS) is 11.1. The van der Waals surface area contributed by atoms with E-state index >= 15 is 0 Å². The average Bonchev–Trinajstić information content (AvgIpc) is 3.14. The number of rotatable bonds is 16. The molecular formula is C27H40ClN3O3. The van der Waals surface area contributed by atoms with E-state index in [1.54, 1.807) is 29.2 Å². The molecule has 0 aliphatic carbocycles. The van der Waals surface area contributed by atoms with Gasteiger partial charge in [0.2, 0.25) is 5.91 Å². The summed E-state index contributed by atoms with van der Waals surface area (Å²) < 4.78 is 1.37. The van der Waals surface area contributed by atoms with Gasteiger partial charge in [0.15, 0.2) is 5.78 Å². The predicted molar refractivity (Wildman–Crippen MR) is 139 cm³/mol. The zero-order valence-electron chi connectivity index (χ0n) is 21.0. The van der Waals surface area contributed by atoms with Crippen molar-refractivity contribution in [2.45, 2.75) is 91.4 Å². The van der Waals surface area contributed by atoms with E-state index in [9.17, 15) is 14.4 Å². The largest absolute Gasteiger partial charge is 0.335 e. The van der Waals surface area contributed by atoms with E-state index in [1.165, 1.54) is 23.9 Å². The minimum absolute atomic E-state index is 0.0000328. The molecule has 1 N–H and O–H groups in total. The lowest BCUT2D eigenvalue weighted by atomic mass is 10.1. The van der Waals surface area contributed by atoms with E-state index in [2.05, 4.69) is 18.9 Å². The maximum Gasteiger partial charge on any atom is 0.282 e. The quantitative estimate of drug-likeness (QED) is 0.221. The molecule has 0 aliphatic rings. The first-order valence-corrected chi connectivity index (χ1v) is 13.2. The summed E-state index contributed by atoms with van der Waals surface area (Å²) in [6.07, 6.45) is 10.2. The van der Waals surface area contributed by atoms with Crippen molar-refractivity contribution in [3.05, 3.63) is 50.9 Å². The van der Waals surface area contributed by atoms with Crippen LogP contribution in [0.3, 0.4) is 0 Å². The van der Waals surface area contributed by atoms with Crippen molar-refractivity contribution in [2.24, 2.45) is 0 Å². The molecule has 1 aromatic carbocycles. The molecule has 1 amide bonds. The summed E-state index contributed by atoms with van der Waals surface area (Å²) in [7, 11) is 0.